The lowest BCUT2D eigenvalue weighted by atomic mass is 9.94. The third kappa shape index (κ3) is 4.90. The van der Waals surface area contributed by atoms with Crippen LogP contribution in [0.2, 0.25) is 0 Å². The average Bonchev–Trinajstić information content (AvgIpc) is 3.51. The van der Waals surface area contributed by atoms with Crippen LogP contribution in [0.25, 0.3) is 28.1 Å². The van der Waals surface area contributed by atoms with E-state index in [1.165, 1.54) is 37.7 Å². The molecule has 1 aliphatic carbocycles. The van der Waals surface area contributed by atoms with Crippen LogP contribution in [-0.2, 0) is 6.42 Å². The van der Waals surface area contributed by atoms with E-state index in [9.17, 15) is 0 Å². The molecule has 5 rings (SSSR count). The molecule has 2 heterocycles. The molecule has 1 fully saturated rings. The van der Waals surface area contributed by atoms with Gasteiger partial charge in [-0.05, 0) is 50.5 Å². The van der Waals surface area contributed by atoms with E-state index in [0.29, 0.717) is 24.2 Å². The van der Waals surface area contributed by atoms with Crippen LogP contribution in [0.4, 0.5) is 0 Å². The van der Waals surface area contributed by atoms with Crippen molar-refractivity contribution in [3.8, 4) is 11.5 Å². The van der Waals surface area contributed by atoms with Crippen molar-refractivity contribution in [1.29, 1.82) is 0 Å². The first-order chi connectivity index (χ1) is 17.2. The number of rotatable bonds is 7. The Morgan fingerprint density at radius 3 is 2.63 bits per heavy atom. The summed E-state index contributed by atoms with van der Waals surface area (Å²) >= 11 is 0. The minimum absolute atomic E-state index is 0.464. The predicted molar refractivity (Wildman–Crippen MR) is 142 cm³/mol. The molecule has 1 saturated carbocycles. The molecule has 0 aliphatic heterocycles. The van der Waals surface area contributed by atoms with Gasteiger partial charge in [-0.3, -0.25) is 0 Å². The lowest BCUT2D eigenvalue weighted by molar-refractivity contribution is 0.358. The third-order valence-electron chi connectivity index (χ3n) is 6.80. The topological polar surface area (TPSA) is 56.7 Å². The Morgan fingerprint density at radius 2 is 1.89 bits per heavy atom. The molecule has 0 bridgehead atoms. The second-order valence-corrected chi connectivity index (χ2v) is 9.30. The highest BCUT2D eigenvalue weighted by Crippen LogP contribution is 2.36. The van der Waals surface area contributed by atoms with Gasteiger partial charge in [-0.1, -0.05) is 80.0 Å². The summed E-state index contributed by atoms with van der Waals surface area (Å²) in [6, 6.07) is 15.2. The largest absolute Gasteiger partial charge is 0.420 e. The van der Waals surface area contributed by atoms with Crippen molar-refractivity contribution < 1.29 is 4.42 Å². The monoisotopic (exact) mass is 464 g/mol. The highest BCUT2D eigenvalue weighted by Gasteiger charge is 2.23. The Kier molecular flexibility index (Phi) is 6.75. The van der Waals surface area contributed by atoms with Crippen LogP contribution in [0.15, 0.2) is 77.8 Å². The summed E-state index contributed by atoms with van der Waals surface area (Å²) in [5.41, 5.74) is 6.49. The van der Waals surface area contributed by atoms with Gasteiger partial charge in [0.1, 0.15) is 5.82 Å². The quantitative estimate of drug-likeness (QED) is 0.264. The van der Waals surface area contributed by atoms with Crippen LogP contribution in [0.5, 0.6) is 0 Å². The van der Waals surface area contributed by atoms with Gasteiger partial charge in [-0.15, -0.1) is 10.2 Å². The lowest BCUT2D eigenvalue weighted by Gasteiger charge is -2.26. The summed E-state index contributed by atoms with van der Waals surface area (Å²) in [6.45, 7) is 7.97. The van der Waals surface area contributed by atoms with Gasteiger partial charge in [-0.2, -0.15) is 0 Å². The molecule has 5 heteroatoms. The second-order valence-electron chi connectivity index (χ2n) is 9.30. The molecule has 0 unspecified atom stereocenters. The minimum Gasteiger partial charge on any atom is -0.420 e. The van der Waals surface area contributed by atoms with Crippen LogP contribution in [-0.4, -0.2) is 19.7 Å². The Morgan fingerprint density at radius 1 is 1.09 bits per heavy atom. The smallest absolute Gasteiger partial charge is 0.247 e. The van der Waals surface area contributed by atoms with E-state index in [0.717, 1.165) is 33.6 Å². The average molecular weight is 465 g/mol. The molecule has 0 saturated heterocycles. The van der Waals surface area contributed by atoms with Crippen molar-refractivity contribution in [2.24, 2.45) is 0 Å². The summed E-state index contributed by atoms with van der Waals surface area (Å²) in [5.74, 6) is 2.15. The van der Waals surface area contributed by atoms with Gasteiger partial charge in [0.25, 0.3) is 0 Å². The zero-order chi connectivity index (χ0) is 24.2. The van der Waals surface area contributed by atoms with Crippen LogP contribution in [0, 0.1) is 6.92 Å². The Balaban J connectivity index is 1.51. The Hall–Kier alpha value is -3.73. The Labute approximate surface area is 206 Å². The number of nitrogens with zero attached hydrogens (tertiary/aromatic N) is 4. The fourth-order valence-corrected chi connectivity index (χ4v) is 4.94. The van der Waals surface area contributed by atoms with Gasteiger partial charge in [0, 0.05) is 17.2 Å². The van der Waals surface area contributed by atoms with Crippen LogP contribution in [0.3, 0.4) is 0 Å². The second kappa shape index (κ2) is 10.3. The molecule has 4 aromatic rings. The highest BCUT2D eigenvalue weighted by atomic mass is 16.4. The van der Waals surface area contributed by atoms with E-state index in [4.69, 9.17) is 9.40 Å². The van der Waals surface area contributed by atoms with E-state index < -0.39 is 0 Å². The first kappa shape index (κ1) is 23.0. The van der Waals surface area contributed by atoms with Gasteiger partial charge >= 0.3 is 0 Å². The fraction of sp³-hybridized carbons (Fsp3) is 0.300. The number of fused-ring (bicyclic) bond motifs is 1. The zero-order valence-corrected chi connectivity index (χ0v) is 20.6. The van der Waals surface area contributed by atoms with Gasteiger partial charge in [-0.25, -0.2) is 4.98 Å². The van der Waals surface area contributed by atoms with Crippen molar-refractivity contribution >= 4 is 16.6 Å². The molecule has 178 valence electrons. The summed E-state index contributed by atoms with van der Waals surface area (Å²) in [4.78, 5) is 5.10. The molecule has 0 spiro atoms. The van der Waals surface area contributed by atoms with E-state index in [2.05, 4.69) is 89.8 Å². The van der Waals surface area contributed by atoms with Gasteiger partial charge in [0.05, 0.1) is 17.5 Å². The molecule has 5 nitrogen and oxygen atoms in total. The minimum atomic E-state index is 0.464. The summed E-state index contributed by atoms with van der Waals surface area (Å²) < 4.78 is 8.48. The van der Waals surface area contributed by atoms with Gasteiger partial charge < -0.3 is 8.98 Å². The molecule has 2 aromatic carbocycles. The molecule has 0 N–H and O–H groups in total. The number of hydrogen-bond donors (Lipinski definition) is 0. The van der Waals surface area contributed by atoms with E-state index in [1.54, 1.807) is 6.08 Å². The van der Waals surface area contributed by atoms with Crippen molar-refractivity contribution in [2.45, 2.75) is 58.4 Å². The number of allylic oxidation sites excluding steroid dienone is 5. The maximum absolute atomic E-state index is 6.04. The van der Waals surface area contributed by atoms with Crippen molar-refractivity contribution in [2.75, 3.05) is 0 Å². The van der Waals surface area contributed by atoms with E-state index in [-0.39, 0.29) is 0 Å². The van der Waals surface area contributed by atoms with Crippen molar-refractivity contribution in [3.63, 3.8) is 0 Å². The van der Waals surface area contributed by atoms with E-state index in [1.807, 2.05) is 6.08 Å². The van der Waals surface area contributed by atoms with Crippen LogP contribution in [0.1, 0.15) is 67.9 Å². The number of aromatic nitrogens is 4. The molecule has 35 heavy (non-hydrogen) atoms. The summed E-state index contributed by atoms with van der Waals surface area (Å²) in [6.07, 6.45) is 14.8. The normalized spacial score (nSPS) is 15.3. The van der Waals surface area contributed by atoms with Crippen molar-refractivity contribution in [1.82, 2.24) is 19.7 Å². The van der Waals surface area contributed by atoms with Crippen molar-refractivity contribution in [3.05, 3.63) is 96.2 Å². The maximum Gasteiger partial charge on any atom is 0.247 e. The summed E-state index contributed by atoms with van der Waals surface area (Å²) in [5, 5.41) is 8.62. The van der Waals surface area contributed by atoms with Crippen LogP contribution >= 0.6 is 0 Å². The third-order valence-corrected chi connectivity index (χ3v) is 6.80. The number of hydrogen-bond acceptors (Lipinski definition) is 4. The molecule has 2 aromatic heterocycles. The highest BCUT2D eigenvalue weighted by molar-refractivity contribution is 5.85. The first-order valence-corrected chi connectivity index (χ1v) is 12.5. The molecule has 0 radical (unpaired) electrons. The summed E-state index contributed by atoms with van der Waals surface area (Å²) in [7, 11) is 0. The number of benzene rings is 2. The maximum atomic E-state index is 6.04. The zero-order valence-electron chi connectivity index (χ0n) is 20.6. The Bertz CT molecular complexity index is 1380. The molecular weight excluding hydrogens is 432 g/mol. The van der Waals surface area contributed by atoms with Crippen LogP contribution < -0.4 is 0 Å². The lowest BCUT2D eigenvalue weighted by Crippen LogP contribution is -2.15. The molecular formula is C30H32N4O. The van der Waals surface area contributed by atoms with Gasteiger partial charge in [0.2, 0.25) is 11.8 Å². The molecule has 0 amide bonds. The SMILES string of the molecule is C=C/C=C\C(=C/C)c1nc2cc(-c3nnc(Cc4ccc(C)cc4)o3)ccc2n1C1CCCCC1. The fourth-order valence-electron chi connectivity index (χ4n) is 4.94. The molecule has 1 aliphatic rings. The number of aryl methyl sites for hydroxylation is 1. The predicted octanol–water partition coefficient (Wildman–Crippen LogP) is 7.64. The van der Waals surface area contributed by atoms with Gasteiger partial charge in [0.15, 0.2) is 0 Å². The standard InChI is InChI=1S/C30H32N4O/c1-4-6-10-23(5-2)29-31-26-20-24(17-18-27(26)34(29)25-11-8-7-9-12-25)30-33-32-28(35-30)19-22-15-13-21(3)14-16-22/h4-6,10,13-18,20,25H,1,7-9,11-12,19H2,2-3H3/b10-6-,23-5+. The number of imidazole rings is 1. The molecule has 0 atom stereocenters. The van der Waals surface area contributed by atoms with E-state index >= 15 is 0 Å². The first-order valence-electron chi connectivity index (χ1n) is 12.5.